The van der Waals surface area contributed by atoms with Crippen LogP contribution >= 0.6 is 0 Å². The minimum Gasteiger partial charge on any atom is -0.508 e. The van der Waals surface area contributed by atoms with Gasteiger partial charge in [-0.25, -0.2) is 0 Å². The Morgan fingerprint density at radius 2 is 2.18 bits per heavy atom. The number of rotatable bonds is 2. The molecule has 0 amide bonds. The van der Waals surface area contributed by atoms with E-state index in [9.17, 15) is 0 Å². The fraction of sp³-hybridized carbons (Fsp3) is 0.400. The van der Waals surface area contributed by atoms with Crippen molar-refractivity contribution in [2.45, 2.75) is 26.2 Å². The van der Waals surface area contributed by atoms with Crippen LogP contribution in [-0.4, -0.2) is 5.11 Å². The zero-order valence-electron chi connectivity index (χ0n) is 7.04. The van der Waals surface area contributed by atoms with E-state index in [2.05, 4.69) is 13.8 Å². The maximum atomic E-state index is 9.16. The van der Waals surface area contributed by atoms with E-state index in [1.54, 1.807) is 6.07 Å². The van der Waals surface area contributed by atoms with Crippen LogP contribution in [0, 0.1) is 0 Å². The zero-order chi connectivity index (χ0) is 8.27. The molecule has 0 saturated heterocycles. The molecule has 1 rings (SSSR count). The first-order valence-electron chi connectivity index (χ1n) is 4.03. The standard InChI is InChI=1S/C10H14O/c1-3-8(2)9-5-4-6-10(11)7-9/h4-8,11H,3H2,1-2H3/t8-/m1/s1. The molecule has 1 nitrogen and oxygen atoms in total. The van der Waals surface area contributed by atoms with E-state index in [1.165, 1.54) is 5.56 Å². The van der Waals surface area contributed by atoms with Crippen molar-refractivity contribution in [2.75, 3.05) is 0 Å². The highest BCUT2D eigenvalue weighted by Crippen LogP contribution is 2.21. The molecule has 0 saturated carbocycles. The molecular weight excluding hydrogens is 136 g/mol. The lowest BCUT2D eigenvalue weighted by molar-refractivity contribution is 0.473. The summed E-state index contributed by atoms with van der Waals surface area (Å²) in [7, 11) is 0. The van der Waals surface area contributed by atoms with E-state index in [0.717, 1.165) is 6.42 Å². The second kappa shape index (κ2) is 3.42. The van der Waals surface area contributed by atoms with Gasteiger partial charge in [0.1, 0.15) is 5.75 Å². The topological polar surface area (TPSA) is 20.2 Å². The van der Waals surface area contributed by atoms with Crippen LogP contribution in [-0.2, 0) is 0 Å². The monoisotopic (exact) mass is 150 g/mol. The first kappa shape index (κ1) is 8.12. The Bertz CT molecular complexity index is 230. The lowest BCUT2D eigenvalue weighted by atomic mass is 9.99. The van der Waals surface area contributed by atoms with Gasteiger partial charge in [0, 0.05) is 0 Å². The predicted molar refractivity (Wildman–Crippen MR) is 46.8 cm³/mol. The summed E-state index contributed by atoms with van der Waals surface area (Å²) in [6.07, 6.45) is 1.11. The molecular formula is C10H14O. The molecule has 0 spiro atoms. The van der Waals surface area contributed by atoms with Crippen LogP contribution < -0.4 is 0 Å². The Kier molecular flexibility index (Phi) is 2.53. The molecule has 11 heavy (non-hydrogen) atoms. The molecule has 0 radical (unpaired) electrons. The summed E-state index contributed by atoms with van der Waals surface area (Å²) in [6.45, 7) is 4.31. The van der Waals surface area contributed by atoms with Crippen molar-refractivity contribution < 1.29 is 5.11 Å². The summed E-state index contributed by atoms with van der Waals surface area (Å²) in [5, 5.41) is 9.16. The number of hydrogen-bond donors (Lipinski definition) is 1. The third kappa shape index (κ3) is 1.97. The zero-order valence-corrected chi connectivity index (χ0v) is 7.04. The molecule has 0 bridgehead atoms. The van der Waals surface area contributed by atoms with E-state index in [4.69, 9.17) is 5.11 Å². The van der Waals surface area contributed by atoms with Crippen molar-refractivity contribution in [3.05, 3.63) is 29.8 Å². The fourth-order valence-corrected chi connectivity index (χ4v) is 1.07. The second-order valence-corrected chi connectivity index (χ2v) is 2.90. The van der Waals surface area contributed by atoms with Gasteiger partial charge < -0.3 is 5.11 Å². The van der Waals surface area contributed by atoms with Gasteiger partial charge in [-0.1, -0.05) is 26.0 Å². The van der Waals surface area contributed by atoms with Crippen LogP contribution in [0.2, 0.25) is 0 Å². The molecule has 1 heteroatoms. The van der Waals surface area contributed by atoms with Gasteiger partial charge in [-0.3, -0.25) is 0 Å². The van der Waals surface area contributed by atoms with Crippen LogP contribution in [0.3, 0.4) is 0 Å². The molecule has 0 aliphatic carbocycles. The quantitative estimate of drug-likeness (QED) is 0.687. The van der Waals surface area contributed by atoms with Gasteiger partial charge in [0.05, 0.1) is 0 Å². The van der Waals surface area contributed by atoms with Gasteiger partial charge in [-0.05, 0) is 30.0 Å². The number of phenols is 1. The average Bonchev–Trinajstić information content (AvgIpc) is 2.03. The molecule has 60 valence electrons. The highest BCUT2D eigenvalue weighted by Gasteiger charge is 2.01. The van der Waals surface area contributed by atoms with Crippen molar-refractivity contribution in [3.63, 3.8) is 0 Å². The van der Waals surface area contributed by atoms with Crippen molar-refractivity contribution in [3.8, 4) is 5.75 Å². The van der Waals surface area contributed by atoms with Crippen molar-refractivity contribution in [1.82, 2.24) is 0 Å². The molecule has 0 fully saturated rings. The lowest BCUT2D eigenvalue weighted by Gasteiger charge is -2.07. The maximum Gasteiger partial charge on any atom is 0.115 e. The van der Waals surface area contributed by atoms with E-state index in [0.29, 0.717) is 11.7 Å². The molecule has 0 unspecified atom stereocenters. The van der Waals surface area contributed by atoms with Crippen molar-refractivity contribution in [1.29, 1.82) is 0 Å². The van der Waals surface area contributed by atoms with Gasteiger partial charge >= 0.3 is 0 Å². The minimum atomic E-state index is 0.364. The van der Waals surface area contributed by atoms with Crippen molar-refractivity contribution >= 4 is 0 Å². The van der Waals surface area contributed by atoms with Gasteiger partial charge in [-0.15, -0.1) is 0 Å². The Labute approximate surface area is 67.7 Å². The fourth-order valence-electron chi connectivity index (χ4n) is 1.07. The summed E-state index contributed by atoms with van der Waals surface area (Å²) in [5.74, 6) is 0.907. The summed E-state index contributed by atoms with van der Waals surface area (Å²) in [6, 6.07) is 7.46. The molecule has 1 aromatic carbocycles. The van der Waals surface area contributed by atoms with E-state index < -0.39 is 0 Å². The van der Waals surface area contributed by atoms with Gasteiger partial charge in [0.2, 0.25) is 0 Å². The summed E-state index contributed by atoms with van der Waals surface area (Å²) < 4.78 is 0. The van der Waals surface area contributed by atoms with Gasteiger partial charge in [0.25, 0.3) is 0 Å². The van der Waals surface area contributed by atoms with Crippen LogP contribution in [0.25, 0.3) is 0 Å². The average molecular weight is 150 g/mol. The first-order valence-corrected chi connectivity index (χ1v) is 4.03. The van der Waals surface area contributed by atoms with Crippen LogP contribution in [0.4, 0.5) is 0 Å². The van der Waals surface area contributed by atoms with Gasteiger partial charge in [-0.2, -0.15) is 0 Å². The summed E-state index contributed by atoms with van der Waals surface area (Å²) in [4.78, 5) is 0. The molecule has 1 N–H and O–H groups in total. The van der Waals surface area contributed by atoms with E-state index in [1.807, 2.05) is 18.2 Å². The van der Waals surface area contributed by atoms with Crippen LogP contribution in [0.15, 0.2) is 24.3 Å². The third-order valence-corrected chi connectivity index (χ3v) is 2.05. The third-order valence-electron chi connectivity index (χ3n) is 2.05. The Morgan fingerprint density at radius 3 is 2.73 bits per heavy atom. The number of benzene rings is 1. The lowest BCUT2D eigenvalue weighted by Crippen LogP contribution is -1.89. The van der Waals surface area contributed by atoms with E-state index >= 15 is 0 Å². The Hall–Kier alpha value is -0.980. The SMILES string of the molecule is CC[C@@H](C)c1cccc(O)c1. The number of aromatic hydroxyl groups is 1. The number of hydrogen-bond acceptors (Lipinski definition) is 1. The first-order chi connectivity index (χ1) is 5.24. The molecule has 1 aromatic rings. The van der Waals surface area contributed by atoms with Crippen LogP contribution in [0.1, 0.15) is 31.7 Å². The molecule has 1 atom stereocenters. The largest absolute Gasteiger partial charge is 0.508 e. The normalized spacial score (nSPS) is 12.9. The van der Waals surface area contributed by atoms with Crippen LogP contribution in [0.5, 0.6) is 5.75 Å². The highest BCUT2D eigenvalue weighted by atomic mass is 16.3. The Morgan fingerprint density at radius 1 is 1.45 bits per heavy atom. The number of phenolic OH excluding ortho intramolecular Hbond substituents is 1. The Balaban J connectivity index is 2.86. The van der Waals surface area contributed by atoms with Crippen molar-refractivity contribution in [2.24, 2.45) is 0 Å². The van der Waals surface area contributed by atoms with E-state index in [-0.39, 0.29) is 0 Å². The maximum absolute atomic E-state index is 9.16. The minimum absolute atomic E-state index is 0.364. The second-order valence-electron chi connectivity index (χ2n) is 2.90. The molecule has 0 aliphatic heterocycles. The summed E-state index contributed by atoms with van der Waals surface area (Å²) >= 11 is 0. The highest BCUT2D eigenvalue weighted by molar-refractivity contribution is 5.29. The van der Waals surface area contributed by atoms with Gasteiger partial charge in [0.15, 0.2) is 0 Å². The smallest absolute Gasteiger partial charge is 0.115 e. The summed E-state index contributed by atoms with van der Waals surface area (Å²) in [5.41, 5.74) is 1.22. The molecule has 0 aliphatic rings. The molecule has 0 heterocycles. The predicted octanol–water partition coefficient (Wildman–Crippen LogP) is 2.91. The molecule has 0 aromatic heterocycles.